The highest BCUT2D eigenvalue weighted by molar-refractivity contribution is 7.15. The van der Waals surface area contributed by atoms with Crippen LogP contribution in [-0.2, 0) is 6.54 Å². The largest absolute Gasteiger partial charge is 0.379 e. The maximum absolute atomic E-state index is 12.2. The van der Waals surface area contributed by atoms with Gasteiger partial charge in [0.2, 0.25) is 0 Å². The molecule has 0 unspecified atom stereocenters. The molecule has 1 N–H and O–H groups in total. The minimum absolute atomic E-state index is 0.0736. The molecule has 0 aliphatic rings. The fourth-order valence-electron chi connectivity index (χ4n) is 2.44. The lowest BCUT2D eigenvalue weighted by Crippen LogP contribution is -2.23. The van der Waals surface area contributed by atoms with Gasteiger partial charge in [0.05, 0.1) is 17.8 Å². The molecule has 24 heavy (non-hydrogen) atoms. The first kappa shape index (κ1) is 16.2. The number of rotatable bonds is 4. The molecule has 1 amide bonds. The van der Waals surface area contributed by atoms with E-state index in [0.29, 0.717) is 22.8 Å². The Bertz CT molecular complexity index is 959. The number of aryl methyl sites for hydroxylation is 1. The van der Waals surface area contributed by atoms with E-state index >= 15 is 0 Å². The van der Waals surface area contributed by atoms with Crippen molar-refractivity contribution in [1.82, 2.24) is 14.3 Å². The van der Waals surface area contributed by atoms with Crippen molar-refractivity contribution in [2.24, 2.45) is 0 Å². The van der Waals surface area contributed by atoms with Gasteiger partial charge in [0.25, 0.3) is 11.5 Å². The Morgan fingerprint density at radius 3 is 2.83 bits per heavy atom. The molecule has 0 fully saturated rings. The molecule has 0 atom stereocenters. The fourth-order valence-corrected chi connectivity index (χ4v) is 3.33. The van der Waals surface area contributed by atoms with E-state index < -0.39 is 0 Å². The van der Waals surface area contributed by atoms with Crippen molar-refractivity contribution in [2.75, 3.05) is 19.4 Å². The summed E-state index contributed by atoms with van der Waals surface area (Å²) >= 11 is 1.44. The van der Waals surface area contributed by atoms with E-state index in [1.54, 1.807) is 24.6 Å². The molecule has 0 spiro atoms. The number of anilines is 1. The number of nitrogens with one attached hydrogen (secondary N) is 1. The number of benzene rings is 1. The predicted molar refractivity (Wildman–Crippen MR) is 95.9 cm³/mol. The lowest BCUT2D eigenvalue weighted by molar-refractivity contribution is 0.0828. The van der Waals surface area contributed by atoms with E-state index in [9.17, 15) is 9.59 Å². The van der Waals surface area contributed by atoms with Gasteiger partial charge in [-0.05, 0) is 19.1 Å². The average molecular weight is 342 g/mol. The molecular formula is C17H18N4O2S. The number of fused-ring (bicyclic) bond motifs is 1. The molecule has 0 saturated heterocycles. The van der Waals surface area contributed by atoms with Gasteiger partial charge < -0.3 is 10.2 Å². The van der Waals surface area contributed by atoms with E-state index in [1.807, 2.05) is 30.5 Å². The molecule has 0 radical (unpaired) electrons. The van der Waals surface area contributed by atoms with Crippen molar-refractivity contribution in [2.45, 2.75) is 13.5 Å². The van der Waals surface area contributed by atoms with Gasteiger partial charge in [0, 0.05) is 36.9 Å². The lowest BCUT2D eigenvalue weighted by atomic mass is 10.1. The molecule has 3 rings (SSSR count). The highest BCUT2D eigenvalue weighted by Crippen LogP contribution is 2.18. The first-order chi connectivity index (χ1) is 11.5. The van der Waals surface area contributed by atoms with E-state index in [0.717, 1.165) is 11.4 Å². The number of para-hydroxylation sites is 1. The first-order valence-corrected chi connectivity index (χ1v) is 8.36. The second-order valence-corrected chi connectivity index (χ2v) is 6.52. The Morgan fingerprint density at radius 1 is 1.33 bits per heavy atom. The lowest BCUT2D eigenvalue weighted by Gasteiger charge is -2.15. The van der Waals surface area contributed by atoms with Crippen LogP contribution in [0.15, 0.2) is 40.5 Å². The van der Waals surface area contributed by atoms with Crippen molar-refractivity contribution < 1.29 is 4.79 Å². The Labute approximate surface area is 143 Å². The van der Waals surface area contributed by atoms with Crippen LogP contribution in [0.1, 0.15) is 21.7 Å². The number of hydrogen-bond acceptors (Lipinski definition) is 5. The van der Waals surface area contributed by atoms with Crippen LogP contribution in [-0.4, -0.2) is 34.3 Å². The third kappa shape index (κ3) is 3.03. The van der Waals surface area contributed by atoms with E-state index in [4.69, 9.17) is 0 Å². The molecule has 1 aromatic carbocycles. The standard InChI is InChI=1S/C17H18N4O2S/c1-11-10-24-17-19-12(8-15(22)21(11)17)9-18-14-7-5-4-6-13(14)16(23)20(2)3/h4-8,10,18H,9H2,1-3H3. The van der Waals surface area contributed by atoms with Crippen LogP contribution >= 0.6 is 11.3 Å². The molecule has 3 aromatic rings. The number of hydrogen-bond donors (Lipinski definition) is 1. The SMILES string of the molecule is Cc1csc2nc(CNc3ccccc3C(=O)N(C)C)cc(=O)n12. The Balaban J connectivity index is 1.87. The van der Waals surface area contributed by atoms with Gasteiger partial charge in [-0.3, -0.25) is 14.0 Å². The molecular weight excluding hydrogens is 324 g/mol. The quantitative estimate of drug-likeness (QED) is 0.790. The van der Waals surface area contributed by atoms with Crippen molar-refractivity contribution >= 4 is 27.9 Å². The van der Waals surface area contributed by atoms with Gasteiger partial charge in [-0.25, -0.2) is 4.98 Å². The predicted octanol–water partition coefficient (Wildman–Crippen LogP) is 2.38. The highest BCUT2D eigenvalue weighted by atomic mass is 32.1. The van der Waals surface area contributed by atoms with Crippen LogP contribution in [0.25, 0.3) is 4.96 Å². The number of amides is 1. The van der Waals surface area contributed by atoms with Crippen molar-refractivity contribution in [3.8, 4) is 0 Å². The number of thiazole rings is 1. The second kappa shape index (κ2) is 6.45. The summed E-state index contributed by atoms with van der Waals surface area (Å²) in [6.07, 6.45) is 0. The van der Waals surface area contributed by atoms with E-state index in [-0.39, 0.29) is 11.5 Å². The number of nitrogens with zero attached hydrogens (tertiary/aromatic N) is 3. The van der Waals surface area contributed by atoms with Crippen molar-refractivity contribution in [3.63, 3.8) is 0 Å². The highest BCUT2D eigenvalue weighted by Gasteiger charge is 2.13. The summed E-state index contributed by atoms with van der Waals surface area (Å²) in [6.45, 7) is 2.26. The zero-order valence-electron chi connectivity index (χ0n) is 13.7. The molecule has 2 heterocycles. The molecule has 124 valence electrons. The van der Waals surface area contributed by atoms with E-state index in [2.05, 4.69) is 10.3 Å². The second-order valence-electron chi connectivity index (χ2n) is 5.68. The smallest absolute Gasteiger partial charge is 0.259 e. The van der Waals surface area contributed by atoms with E-state index in [1.165, 1.54) is 22.3 Å². The van der Waals surface area contributed by atoms with Crippen molar-refractivity contribution in [1.29, 1.82) is 0 Å². The first-order valence-electron chi connectivity index (χ1n) is 7.48. The topological polar surface area (TPSA) is 66.7 Å². The molecule has 0 saturated carbocycles. The zero-order chi connectivity index (χ0) is 17.3. The van der Waals surface area contributed by atoms with Crippen LogP contribution in [0.4, 0.5) is 5.69 Å². The van der Waals surface area contributed by atoms with Crippen molar-refractivity contribution in [3.05, 3.63) is 63.0 Å². The summed E-state index contributed by atoms with van der Waals surface area (Å²) in [5.41, 5.74) is 2.75. The van der Waals surface area contributed by atoms with Gasteiger partial charge in [0.1, 0.15) is 0 Å². The molecule has 0 aliphatic heterocycles. The number of carbonyl (C=O) groups excluding carboxylic acids is 1. The summed E-state index contributed by atoms with van der Waals surface area (Å²) in [7, 11) is 3.43. The normalized spacial score (nSPS) is 10.8. The third-order valence-electron chi connectivity index (χ3n) is 3.65. The third-order valence-corrected chi connectivity index (χ3v) is 4.60. The molecule has 6 nitrogen and oxygen atoms in total. The average Bonchev–Trinajstić information content (AvgIpc) is 2.94. The molecule has 0 bridgehead atoms. The summed E-state index contributed by atoms with van der Waals surface area (Å²) in [5, 5.41) is 5.12. The maximum atomic E-state index is 12.2. The number of carbonyl (C=O) groups is 1. The zero-order valence-corrected chi connectivity index (χ0v) is 14.6. The van der Waals surface area contributed by atoms with Crippen LogP contribution < -0.4 is 10.9 Å². The van der Waals surface area contributed by atoms with Gasteiger partial charge in [-0.15, -0.1) is 11.3 Å². The minimum Gasteiger partial charge on any atom is -0.379 e. The summed E-state index contributed by atoms with van der Waals surface area (Å²) < 4.78 is 1.59. The Hall–Kier alpha value is -2.67. The van der Waals surface area contributed by atoms with Gasteiger partial charge in [-0.1, -0.05) is 12.1 Å². The summed E-state index contributed by atoms with van der Waals surface area (Å²) in [6, 6.07) is 8.84. The van der Waals surface area contributed by atoms with Gasteiger partial charge in [0.15, 0.2) is 4.96 Å². The molecule has 7 heteroatoms. The minimum atomic E-state index is -0.0896. The summed E-state index contributed by atoms with van der Waals surface area (Å²) in [5.74, 6) is -0.0736. The van der Waals surface area contributed by atoms with Gasteiger partial charge >= 0.3 is 0 Å². The Kier molecular flexibility index (Phi) is 4.35. The molecule has 0 aliphatic carbocycles. The maximum Gasteiger partial charge on any atom is 0.259 e. The van der Waals surface area contributed by atoms with Crippen LogP contribution in [0.5, 0.6) is 0 Å². The van der Waals surface area contributed by atoms with Gasteiger partial charge in [-0.2, -0.15) is 0 Å². The van der Waals surface area contributed by atoms with Crippen LogP contribution in [0.3, 0.4) is 0 Å². The molecule has 2 aromatic heterocycles. The number of aromatic nitrogens is 2. The van der Waals surface area contributed by atoms with Crippen LogP contribution in [0.2, 0.25) is 0 Å². The monoisotopic (exact) mass is 342 g/mol. The Morgan fingerprint density at radius 2 is 2.08 bits per heavy atom. The summed E-state index contributed by atoms with van der Waals surface area (Å²) in [4.78, 5) is 31.1. The fraction of sp³-hybridized carbons (Fsp3) is 0.235. The van der Waals surface area contributed by atoms with Crippen LogP contribution in [0, 0.1) is 6.92 Å².